The molecule has 1 aliphatic rings. The van der Waals surface area contributed by atoms with Crippen LogP contribution in [0.2, 0.25) is 0 Å². The molecule has 0 unspecified atom stereocenters. The normalized spacial score (nSPS) is 15.6. The first kappa shape index (κ1) is 16.5. The maximum Gasteiger partial charge on any atom is 0.257 e. The molecule has 3 rings (SSSR count). The molecule has 1 fully saturated rings. The Kier molecular flexibility index (Phi) is 5.13. The molecule has 0 bridgehead atoms. The fourth-order valence-electron chi connectivity index (χ4n) is 2.86. The summed E-state index contributed by atoms with van der Waals surface area (Å²) in [4.78, 5) is 11.0. The van der Waals surface area contributed by atoms with E-state index in [9.17, 15) is 4.39 Å². The van der Waals surface area contributed by atoms with Crippen molar-refractivity contribution in [3.05, 3.63) is 42.5 Å². The number of ether oxygens (including phenoxy) is 1. The second-order valence-electron chi connectivity index (χ2n) is 6.26. The summed E-state index contributed by atoms with van der Waals surface area (Å²) < 4.78 is 18.7. The summed E-state index contributed by atoms with van der Waals surface area (Å²) in [6.45, 7) is 5.73. The van der Waals surface area contributed by atoms with Crippen LogP contribution in [0.1, 0.15) is 26.7 Å². The largest absolute Gasteiger partial charge is 0.472 e. The first-order valence-corrected chi connectivity index (χ1v) is 8.36. The van der Waals surface area contributed by atoms with Crippen molar-refractivity contribution < 1.29 is 9.13 Å². The Labute approximate surface area is 141 Å². The third-order valence-electron chi connectivity index (χ3n) is 4.00. The van der Waals surface area contributed by atoms with Crippen LogP contribution in [0.25, 0.3) is 0 Å². The predicted molar refractivity (Wildman–Crippen MR) is 93.1 cm³/mol. The SMILES string of the molecule is CC(C)Oc1nccnc1N1CCC(Nc2ccc(F)cc2)CC1. The number of hydrogen-bond donors (Lipinski definition) is 1. The summed E-state index contributed by atoms with van der Waals surface area (Å²) in [6.07, 6.45) is 5.39. The predicted octanol–water partition coefficient (Wildman–Crippen LogP) is 3.48. The Morgan fingerprint density at radius 2 is 1.79 bits per heavy atom. The van der Waals surface area contributed by atoms with Crippen molar-refractivity contribution in [1.82, 2.24) is 9.97 Å². The Morgan fingerprint density at radius 3 is 2.46 bits per heavy atom. The summed E-state index contributed by atoms with van der Waals surface area (Å²) in [5.41, 5.74) is 0.957. The molecule has 1 aliphatic heterocycles. The summed E-state index contributed by atoms with van der Waals surface area (Å²) in [5, 5.41) is 3.47. The molecule has 1 saturated heterocycles. The molecular formula is C18H23FN4O. The Balaban J connectivity index is 1.60. The van der Waals surface area contributed by atoms with E-state index in [4.69, 9.17) is 4.74 Å². The van der Waals surface area contributed by atoms with E-state index in [-0.39, 0.29) is 11.9 Å². The van der Waals surface area contributed by atoms with Crippen LogP contribution >= 0.6 is 0 Å². The molecule has 0 amide bonds. The maximum absolute atomic E-state index is 13.0. The Hall–Kier alpha value is -2.37. The van der Waals surface area contributed by atoms with E-state index in [0.29, 0.717) is 11.9 Å². The molecule has 0 atom stereocenters. The second-order valence-corrected chi connectivity index (χ2v) is 6.26. The standard InChI is InChI=1S/C18H23FN4O/c1-13(2)24-18-17(20-9-10-21-18)23-11-7-16(8-12-23)22-15-5-3-14(19)4-6-15/h3-6,9-10,13,16,22H,7-8,11-12H2,1-2H3. The van der Waals surface area contributed by atoms with E-state index in [1.807, 2.05) is 13.8 Å². The lowest BCUT2D eigenvalue weighted by molar-refractivity contribution is 0.231. The molecule has 0 spiro atoms. The highest BCUT2D eigenvalue weighted by atomic mass is 19.1. The molecule has 0 radical (unpaired) electrons. The molecule has 1 aromatic heterocycles. The van der Waals surface area contributed by atoms with Crippen LogP contribution in [0, 0.1) is 5.82 Å². The average molecular weight is 330 g/mol. The van der Waals surface area contributed by atoms with E-state index < -0.39 is 0 Å². The molecule has 2 heterocycles. The van der Waals surface area contributed by atoms with Crippen molar-refractivity contribution in [3.63, 3.8) is 0 Å². The van der Waals surface area contributed by atoms with Crippen LogP contribution in [-0.4, -0.2) is 35.2 Å². The molecule has 6 heteroatoms. The van der Waals surface area contributed by atoms with Crippen molar-refractivity contribution in [2.24, 2.45) is 0 Å². The van der Waals surface area contributed by atoms with Gasteiger partial charge in [-0.25, -0.2) is 14.4 Å². The molecule has 1 aromatic carbocycles. The minimum atomic E-state index is -0.212. The van der Waals surface area contributed by atoms with Crippen molar-refractivity contribution in [2.45, 2.75) is 38.8 Å². The Bertz CT molecular complexity index is 654. The molecule has 0 aliphatic carbocycles. The Morgan fingerprint density at radius 1 is 1.12 bits per heavy atom. The zero-order chi connectivity index (χ0) is 16.9. The van der Waals surface area contributed by atoms with Gasteiger partial charge in [0.2, 0.25) is 0 Å². The summed E-state index contributed by atoms with van der Waals surface area (Å²) in [6, 6.07) is 6.88. The minimum Gasteiger partial charge on any atom is -0.472 e. The lowest BCUT2D eigenvalue weighted by Crippen LogP contribution is -2.39. The van der Waals surface area contributed by atoms with Crippen LogP contribution in [0.4, 0.5) is 15.9 Å². The third-order valence-corrected chi connectivity index (χ3v) is 4.00. The topological polar surface area (TPSA) is 50.3 Å². The number of anilines is 2. The number of nitrogens with zero attached hydrogens (tertiary/aromatic N) is 3. The van der Waals surface area contributed by atoms with Gasteiger partial charge in [0.25, 0.3) is 5.88 Å². The first-order valence-electron chi connectivity index (χ1n) is 8.36. The van der Waals surface area contributed by atoms with E-state index in [2.05, 4.69) is 20.2 Å². The van der Waals surface area contributed by atoms with Crippen molar-refractivity contribution in [3.8, 4) is 5.88 Å². The average Bonchev–Trinajstić information content (AvgIpc) is 2.58. The van der Waals surface area contributed by atoms with Gasteiger partial charge in [0.05, 0.1) is 6.10 Å². The lowest BCUT2D eigenvalue weighted by Gasteiger charge is -2.34. The molecule has 1 N–H and O–H groups in total. The van der Waals surface area contributed by atoms with E-state index in [1.165, 1.54) is 12.1 Å². The number of hydrogen-bond acceptors (Lipinski definition) is 5. The van der Waals surface area contributed by atoms with Crippen LogP contribution in [0.5, 0.6) is 5.88 Å². The number of halogens is 1. The van der Waals surface area contributed by atoms with Crippen molar-refractivity contribution in [1.29, 1.82) is 0 Å². The number of aromatic nitrogens is 2. The van der Waals surface area contributed by atoms with Gasteiger partial charge in [-0.1, -0.05) is 0 Å². The highest BCUT2D eigenvalue weighted by Crippen LogP contribution is 2.27. The zero-order valence-corrected chi connectivity index (χ0v) is 14.1. The maximum atomic E-state index is 13.0. The van der Waals surface area contributed by atoms with Gasteiger partial charge in [-0.2, -0.15) is 0 Å². The first-order chi connectivity index (χ1) is 11.6. The minimum absolute atomic E-state index is 0.0677. The van der Waals surface area contributed by atoms with Gasteiger partial charge in [0.1, 0.15) is 5.82 Å². The van der Waals surface area contributed by atoms with Crippen LogP contribution in [0.15, 0.2) is 36.7 Å². The van der Waals surface area contributed by atoms with Gasteiger partial charge in [0, 0.05) is 37.2 Å². The van der Waals surface area contributed by atoms with E-state index in [1.54, 1.807) is 24.5 Å². The van der Waals surface area contributed by atoms with Crippen LogP contribution in [-0.2, 0) is 0 Å². The number of benzene rings is 1. The van der Waals surface area contributed by atoms with Gasteiger partial charge < -0.3 is 15.0 Å². The third kappa shape index (κ3) is 4.13. The quantitative estimate of drug-likeness (QED) is 0.909. The van der Waals surface area contributed by atoms with E-state index in [0.717, 1.165) is 37.4 Å². The molecule has 24 heavy (non-hydrogen) atoms. The van der Waals surface area contributed by atoms with E-state index >= 15 is 0 Å². The van der Waals surface area contributed by atoms with Crippen molar-refractivity contribution >= 4 is 11.5 Å². The van der Waals surface area contributed by atoms with Gasteiger partial charge in [0.15, 0.2) is 5.82 Å². The van der Waals surface area contributed by atoms with Gasteiger partial charge in [-0.15, -0.1) is 0 Å². The van der Waals surface area contributed by atoms with Gasteiger partial charge >= 0.3 is 0 Å². The molecule has 5 nitrogen and oxygen atoms in total. The number of rotatable bonds is 5. The molecule has 128 valence electrons. The zero-order valence-electron chi connectivity index (χ0n) is 14.1. The van der Waals surface area contributed by atoms with Crippen LogP contribution < -0.4 is 15.0 Å². The smallest absolute Gasteiger partial charge is 0.257 e. The van der Waals surface area contributed by atoms with Crippen LogP contribution in [0.3, 0.4) is 0 Å². The monoisotopic (exact) mass is 330 g/mol. The molecule has 2 aromatic rings. The summed E-state index contributed by atoms with van der Waals surface area (Å²) >= 11 is 0. The fourth-order valence-corrected chi connectivity index (χ4v) is 2.86. The fraction of sp³-hybridized carbons (Fsp3) is 0.444. The van der Waals surface area contributed by atoms with Gasteiger partial charge in [-0.3, -0.25) is 0 Å². The molecule has 0 saturated carbocycles. The van der Waals surface area contributed by atoms with Gasteiger partial charge in [-0.05, 0) is 51.0 Å². The second kappa shape index (κ2) is 7.47. The molecular weight excluding hydrogens is 307 g/mol. The van der Waals surface area contributed by atoms with Crippen molar-refractivity contribution in [2.75, 3.05) is 23.3 Å². The lowest BCUT2D eigenvalue weighted by atomic mass is 10.0. The summed E-state index contributed by atoms with van der Waals surface area (Å²) in [5.74, 6) is 1.19. The summed E-state index contributed by atoms with van der Waals surface area (Å²) in [7, 11) is 0. The number of piperidine rings is 1. The number of nitrogens with one attached hydrogen (secondary N) is 1. The highest BCUT2D eigenvalue weighted by Gasteiger charge is 2.23. The highest BCUT2D eigenvalue weighted by molar-refractivity contribution is 5.49.